The van der Waals surface area contributed by atoms with Crippen molar-refractivity contribution in [3.05, 3.63) is 193 Å². The van der Waals surface area contributed by atoms with Gasteiger partial charge < -0.3 is 0 Å². The molecule has 0 aromatic carbocycles. The van der Waals surface area contributed by atoms with Crippen LogP contribution in [-0.4, -0.2) is 111 Å². The molecule has 0 saturated heterocycles. The summed E-state index contributed by atoms with van der Waals surface area (Å²) < 4.78 is 0. The van der Waals surface area contributed by atoms with Crippen molar-refractivity contribution >= 4 is 0 Å². The Labute approximate surface area is 366 Å². The van der Waals surface area contributed by atoms with Crippen molar-refractivity contribution in [3.8, 4) is 0 Å². The first-order chi connectivity index (χ1) is 30.5. The van der Waals surface area contributed by atoms with Gasteiger partial charge in [0.05, 0.1) is 59.0 Å². The van der Waals surface area contributed by atoms with Crippen LogP contribution in [-0.2, 0) is 0 Å². The maximum absolute atomic E-state index is 3.98. The van der Waals surface area contributed by atoms with Crippen molar-refractivity contribution in [1.82, 2.24) is 111 Å². The lowest BCUT2D eigenvalue weighted by atomic mass is 10.4. The molecular formula is C41H50N22. The Morgan fingerprint density at radius 3 is 1.17 bits per heavy atom. The highest BCUT2D eigenvalue weighted by Gasteiger charge is 1.80. The van der Waals surface area contributed by atoms with Crippen LogP contribution in [0.1, 0.15) is 51.4 Å². The molecule has 0 amide bonds. The number of hydrogen-bond donors (Lipinski definition) is 0. The second kappa shape index (κ2) is 36.5. The number of hydrogen-bond acceptors (Lipinski definition) is 22. The van der Waals surface area contributed by atoms with Gasteiger partial charge in [-0.15, -0.1) is 30.6 Å². The first-order valence-corrected chi connectivity index (χ1v) is 18.6. The molecule has 0 fully saturated rings. The van der Waals surface area contributed by atoms with E-state index < -0.39 is 0 Å². The van der Waals surface area contributed by atoms with Gasteiger partial charge in [0.15, 0.2) is 0 Å². The highest BCUT2D eigenvalue weighted by molar-refractivity contribution is 5.00. The van der Waals surface area contributed by atoms with Crippen molar-refractivity contribution in [2.45, 2.75) is 62.3 Å². The first-order valence-electron chi connectivity index (χ1n) is 18.6. The lowest BCUT2D eigenvalue weighted by Gasteiger charge is -1.82. The third-order valence-corrected chi connectivity index (χ3v) is 6.03. The minimum absolute atomic E-state index is 0.787. The Morgan fingerprint density at radius 2 is 0.889 bits per heavy atom. The van der Waals surface area contributed by atoms with E-state index in [9.17, 15) is 0 Å². The predicted octanol–water partition coefficient (Wildman–Crippen LogP) is 4.65. The maximum Gasteiger partial charge on any atom is 0.138 e. The fourth-order valence-corrected chi connectivity index (χ4v) is 3.09. The second-order valence-electron chi connectivity index (χ2n) is 11.8. The Hall–Kier alpha value is -8.56. The third-order valence-electron chi connectivity index (χ3n) is 6.03. The molecular weight excluding hydrogens is 801 g/mol. The van der Waals surface area contributed by atoms with Gasteiger partial charge in [-0.3, -0.25) is 15.0 Å². The van der Waals surface area contributed by atoms with Gasteiger partial charge in [0.25, 0.3) is 0 Å². The fraction of sp³-hybridized carbons (Fsp3) is 0.220. The molecule has 0 N–H and O–H groups in total. The topological polar surface area (TPSA) is 284 Å². The minimum Gasteiger partial charge on any atom is -0.262 e. The van der Waals surface area contributed by atoms with Crippen LogP contribution in [0.5, 0.6) is 0 Å². The zero-order valence-electron chi connectivity index (χ0n) is 36.6. The standard InChI is InChI=1S/C6H7N.4C5H6N2.3C4H5N3.C3H4N4/c1-6-4-2-3-5-7-6;1-5-4-6-2-3-7-5;1-5-2-3-6-4-7-5;1-5-6-3-2-4-7-5;1-5-3-2-4-6-7-5;1-4-2-6-7-3-5-4;1-4-2-5-3-6-7-4;1-4-2-3-5-7-6-4;1-3-2-4-6-7-5-3/h2-5H,1H3;4*2-4H,1H3;3*2-3H,1H3;2H,1H3. The normalized spacial score (nSPS) is 8.71. The Kier molecular flexibility index (Phi) is 30.4. The number of aryl methyl sites for hydroxylation is 9. The van der Waals surface area contributed by atoms with Gasteiger partial charge in [-0.25, -0.2) is 29.9 Å². The van der Waals surface area contributed by atoms with Crippen molar-refractivity contribution in [2.24, 2.45) is 0 Å². The van der Waals surface area contributed by atoms with Gasteiger partial charge in [-0.1, -0.05) is 6.07 Å². The van der Waals surface area contributed by atoms with Gasteiger partial charge in [0, 0.05) is 61.0 Å². The van der Waals surface area contributed by atoms with Crippen molar-refractivity contribution < 1.29 is 0 Å². The monoisotopic (exact) mass is 850 g/mol. The van der Waals surface area contributed by atoms with E-state index in [0.717, 1.165) is 51.4 Å². The summed E-state index contributed by atoms with van der Waals surface area (Å²) in [6, 6.07) is 15.1. The quantitative estimate of drug-likeness (QED) is 0.201. The molecule has 0 bridgehead atoms. The first kappa shape index (κ1) is 52.5. The number of rotatable bonds is 0. The van der Waals surface area contributed by atoms with Gasteiger partial charge in [-0.2, -0.15) is 20.4 Å². The summed E-state index contributed by atoms with van der Waals surface area (Å²) in [6.45, 7) is 17.0. The van der Waals surface area contributed by atoms with Crippen molar-refractivity contribution in [1.29, 1.82) is 0 Å². The molecule has 9 heterocycles. The van der Waals surface area contributed by atoms with Crippen molar-refractivity contribution in [2.75, 3.05) is 0 Å². The molecule has 22 heteroatoms. The van der Waals surface area contributed by atoms with Gasteiger partial charge >= 0.3 is 0 Å². The van der Waals surface area contributed by atoms with Crippen molar-refractivity contribution in [3.63, 3.8) is 0 Å². The summed E-state index contributed by atoms with van der Waals surface area (Å²) in [5.41, 5.74) is 7.44. The Bertz CT molecular complexity index is 1760. The van der Waals surface area contributed by atoms with Crippen LogP contribution in [0.2, 0.25) is 0 Å². The Balaban J connectivity index is 0.000000354. The zero-order valence-corrected chi connectivity index (χ0v) is 36.6. The summed E-state index contributed by atoms with van der Waals surface area (Å²) >= 11 is 0. The molecule has 0 atom stereocenters. The SMILES string of the molecule is Cc1ccccn1.Cc1cccnn1.Cc1ccncn1.Cc1ccnnn1.Cc1cnccn1.Cc1cncnn1.Cc1cnncn1.Cc1cnnnn1.Cc1ncccn1. The molecule has 0 unspecified atom stereocenters. The minimum atomic E-state index is 0.787. The smallest absolute Gasteiger partial charge is 0.138 e. The van der Waals surface area contributed by atoms with Crippen LogP contribution < -0.4 is 0 Å². The third kappa shape index (κ3) is 35.1. The van der Waals surface area contributed by atoms with Gasteiger partial charge in [0.2, 0.25) is 0 Å². The van der Waals surface area contributed by atoms with E-state index in [0.29, 0.717) is 0 Å². The molecule has 0 aliphatic heterocycles. The molecule has 0 radical (unpaired) electrons. The van der Waals surface area contributed by atoms with E-state index in [1.165, 1.54) is 19.0 Å². The second-order valence-corrected chi connectivity index (χ2v) is 11.8. The zero-order chi connectivity index (χ0) is 46.0. The molecule has 9 aromatic heterocycles. The molecule has 63 heavy (non-hydrogen) atoms. The molecule has 324 valence electrons. The number of pyridine rings is 1. The van der Waals surface area contributed by atoms with Gasteiger partial charge in [0.1, 0.15) is 24.8 Å². The van der Waals surface area contributed by atoms with E-state index in [4.69, 9.17) is 0 Å². The molecule has 9 rings (SSSR count). The number of nitrogens with zero attached hydrogens (tertiary/aromatic N) is 22. The largest absolute Gasteiger partial charge is 0.262 e. The van der Waals surface area contributed by atoms with E-state index in [-0.39, 0.29) is 0 Å². The molecule has 22 nitrogen and oxygen atoms in total. The van der Waals surface area contributed by atoms with Crippen LogP contribution in [0.15, 0.2) is 142 Å². The lowest BCUT2D eigenvalue weighted by molar-refractivity contribution is 0.742. The van der Waals surface area contributed by atoms with Crippen LogP contribution in [0.3, 0.4) is 0 Å². The van der Waals surface area contributed by atoms with E-state index in [2.05, 4.69) is 111 Å². The van der Waals surface area contributed by atoms with Crippen LogP contribution in [0, 0.1) is 62.3 Å². The summed E-state index contributed by atoms with van der Waals surface area (Å²) in [7, 11) is 0. The van der Waals surface area contributed by atoms with E-state index >= 15 is 0 Å². The fourth-order valence-electron chi connectivity index (χ4n) is 3.09. The highest BCUT2D eigenvalue weighted by atomic mass is 15.4. The summed E-state index contributed by atoms with van der Waals surface area (Å²) in [5.74, 6) is 0.822. The summed E-state index contributed by atoms with van der Waals surface area (Å²) in [4.78, 5) is 34.6. The van der Waals surface area contributed by atoms with Crippen LogP contribution >= 0.6 is 0 Å². The average molecular weight is 851 g/mol. The van der Waals surface area contributed by atoms with Gasteiger partial charge in [-0.05, 0) is 120 Å². The lowest BCUT2D eigenvalue weighted by Crippen LogP contribution is -1.90. The van der Waals surface area contributed by atoms with E-state index in [1.807, 2.05) is 98.7 Å². The van der Waals surface area contributed by atoms with Crippen LogP contribution in [0.25, 0.3) is 0 Å². The summed E-state index contributed by atoms with van der Waals surface area (Å²) in [5, 5.41) is 45.6. The molecule has 9 aromatic rings. The average Bonchev–Trinajstić information content (AvgIpc) is 3.31. The molecule has 0 saturated carbocycles. The molecule has 0 aliphatic rings. The molecule has 0 spiro atoms. The predicted molar refractivity (Wildman–Crippen MR) is 232 cm³/mol. The van der Waals surface area contributed by atoms with Crippen LogP contribution in [0.4, 0.5) is 0 Å². The molecule has 0 aliphatic carbocycles. The summed E-state index contributed by atoms with van der Waals surface area (Å²) in [6.07, 6.45) is 24.5. The number of aromatic nitrogens is 22. The maximum atomic E-state index is 3.98. The highest BCUT2D eigenvalue weighted by Crippen LogP contribution is 1.87. The van der Waals surface area contributed by atoms with E-state index in [1.54, 1.807) is 86.5 Å². The Morgan fingerprint density at radius 1 is 0.270 bits per heavy atom.